The summed E-state index contributed by atoms with van der Waals surface area (Å²) in [4.78, 5) is 0. The average molecular weight is 232 g/mol. The van der Waals surface area contributed by atoms with Crippen molar-refractivity contribution in [3.63, 3.8) is 0 Å². The molecule has 0 aliphatic heterocycles. The summed E-state index contributed by atoms with van der Waals surface area (Å²) in [6.45, 7) is 0. The Morgan fingerprint density at radius 2 is 2.18 bits per heavy atom. The van der Waals surface area contributed by atoms with Crippen LogP contribution in [0, 0.1) is 11.2 Å². The summed E-state index contributed by atoms with van der Waals surface area (Å²) in [6, 6.07) is 7.09. The zero-order valence-electron chi connectivity index (χ0n) is 8.72. The SMILES string of the molecule is N=C(N)c1ccnnc1Oc1cccc(F)c1. The summed E-state index contributed by atoms with van der Waals surface area (Å²) in [6.07, 6.45) is 1.40. The average Bonchev–Trinajstić information content (AvgIpc) is 2.29. The van der Waals surface area contributed by atoms with Crippen LogP contribution in [-0.2, 0) is 0 Å². The number of benzene rings is 1. The highest BCUT2D eigenvalue weighted by atomic mass is 19.1. The van der Waals surface area contributed by atoms with Gasteiger partial charge in [0, 0.05) is 6.07 Å². The number of hydrogen-bond acceptors (Lipinski definition) is 4. The van der Waals surface area contributed by atoms with Crippen LogP contribution in [0.1, 0.15) is 5.56 Å². The number of halogens is 1. The lowest BCUT2D eigenvalue weighted by Gasteiger charge is -2.07. The Balaban J connectivity index is 2.33. The fraction of sp³-hybridized carbons (Fsp3) is 0. The lowest BCUT2D eigenvalue weighted by molar-refractivity contribution is 0.449. The van der Waals surface area contributed by atoms with Crippen LogP contribution in [0.15, 0.2) is 36.5 Å². The minimum atomic E-state index is -0.421. The van der Waals surface area contributed by atoms with Gasteiger partial charge in [0.05, 0.1) is 11.8 Å². The Kier molecular flexibility index (Phi) is 2.95. The molecule has 0 aliphatic rings. The molecule has 0 bridgehead atoms. The Bertz CT molecular complexity index is 559. The van der Waals surface area contributed by atoms with Crippen LogP contribution in [-0.4, -0.2) is 16.0 Å². The maximum absolute atomic E-state index is 12.9. The number of nitrogens with two attached hydrogens (primary N) is 1. The first-order valence-electron chi connectivity index (χ1n) is 4.76. The molecule has 2 aromatic rings. The van der Waals surface area contributed by atoms with E-state index in [1.54, 1.807) is 6.07 Å². The van der Waals surface area contributed by atoms with Gasteiger partial charge >= 0.3 is 0 Å². The van der Waals surface area contributed by atoms with Crippen molar-refractivity contribution in [2.45, 2.75) is 0 Å². The van der Waals surface area contributed by atoms with E-state index in [0.29, 0.717) is 5.56 Å². The summed E-state index contributed by atoms with van der Waals surface area (Å²) in [5.41, 5.74) is 5.67. The van der Waals surface area contributed by atoms with Gasteiger partial charge in [-0.25, -0.2) is 4.39 Å². The van der Waals surface area contributed by atoms with Gasteiger partial charge in [0.2, 0.25) is 5.88 Å². The van der Waals surface area contributed by atoms with Gasteiger partial charge in [-0.3, -0.25) is 5.41 Å². The maximum atomic E-state index is 12.9. The number of amidine groups is 1. The Labute approximate surface area is 96.6 Å². The summed E-state index contributed by atoms with van der Waals surface area (Å²) in [7, 11) is 0. The number of nitrogens with zero attached hydrogens (tertiary/aromatic N) is 2. The second-order valence-corrected chi connectivity index (χ2v) is 3.22. The van der Waals surface area contributed by atoms with E-state index in [1.807, 2.05) is 0 Å². The molecule has 1 heterocycles. The van der Waals surface area contributed by atoms with E-state index < -0.39 is 5.82 Å². The van der Waals surface area contributed by atoms with Crippen molar-refractivity contribution in [3.05, 3.63) is 47.9 Å². The van der Waals surface area contributed by atoms with Crippen molar-refractivity contribution in [3.8, 4) is 11.6 Å². The lowest BCUT2D eigenvalue weighted by Crippen LogP contribution is -2.13. The van der Waals surface area contributed by atoms with Gasteiger partial charge in [0.25, 0.3) is 0 Å². The molecule has 1 aromatic carbocycles. The van der Waals surface area contributed by atoms with E-state index >= 15 is 0 Å². The molecular formula is C11H9FN4O. The van der Waals surface area contributed by atoms with Crippen LogP contribution >= 0.6 is 0 Å². The van der Waals surface area contributed by atoms with Gasteiger partial charge in [-0.05, 0) is 18.2 Å². The molecule has 86 valence electrons. The molecule has 0 unspecified atom stereocenters. The van der Waals surface area contributed by atoms with Crippen LogP contribution in [0.4, 0.5) is 4.39 Å². The van der Waals surface area contributed by atoms with Crippen molar-refractivity contribution >= 4 is 5.84 Å². The number of hydrogen-bond donors (Lipinski definition) is 2. The molecule has 1 aromatic heterocycles. The second-order valence-electron chi connectivity index (χ2n) is 3.22. The van der Waals surface area contributed by atoms with Crippen LogP contribution in [0.25, 0.3) is 0 Å². The third-order valence-electron chi connectivity index (χ3n) is 1.99. The fourth-order valence-electron chi connectivity index (χ4n) is 1.24. The van der Waals surface area contributed by atoms with E-state index in [1.165, 1.54) is 30.5 Å². The van der Waals surface area contributed by atoms with Crippen LogP contribution in [0.3, 0.4) is 0 Å². The molecule has 5 nitrogen and oxygen atoms in total. The predicted molar refractivity (Wildman–Crippen MR) is 59.5 cm³/mol. The zero-order valence-corrected chi connectivity index (χ0v) is 8.72. The third-order valence-corrected chi connectivity index (χ3v) is 1.99. The van der Waals surface area contributed by atoms with Crippen molar-refractivity contribution in [1.82, 2.24) is 10.2 Å². The number of nitrogen functional groups attached to an aromatic ring is 1. The molecule has 0 aliphatic carbocycles. The Morgan fingerprint density at radius 3 is 2.88 bits per heavy atom. The minimum absolute atomic E-state index is 0.0746. The highest BCUT2D eigenvalue weighted by Crippen LogP contribution is 2.22. The van der Waals surface area contributed by atoms with E-state index in [4.69, 9.17) is 15.9 Å². The summed E-state index contributed by atoms with van der Waals surface area (Å²) in [5, 5.41) is 14.7. The molecule has 0 radical (unpaired) electrons. The zero-order chi connectivity index (χ0) is 12.3. The molecule has 0 amide bonds. The van der Waals surface area contributed by atoms with Gasteiger partial charge < -0.3 is 10.5 Å². The van der Waals surface area contributed by atoms with E-state index in [2.05, 4.69) is 10.2 Å². The van der Waals surface area contributed by atoms with Crippen LogP contribution < -0.4 is 10.5 Å². The highest BCUT2D eigenvalue weighted by Gasteiger charge is 2.09. The monoisotopic (exact) mass is 232 g/mol. The lowest BCUT2D eigenvalue weighted by atomic mass is 10.3. The molecular weight excluding hydrogens is 223 g/mol. The number of rotatable bonds is 3. The normalized spacial score (nSPS) is 9.94. The molecule has 2 rings (SSSR count). The smallest absolute Gasteiger partial charge is 0.249 e. The van der Waals surface area contributed by atoms with E-state index in [-0.39, 0.29) is 17.5 Å². The third kappa shape index (κ3) is 2.54. The summed E-state index contributed by atoms with van der Waals surface area (Å²) in [5.74, 6) is -0.263. The molecule has 0 fully saturated rings. The maximum Gasteiger partial charge on any atom is 0.249 e. The Morgan fingerprint density at radius 1 is 1.35 bits per heavy atom. The van der Waals surface area contributed by atoms with Gasteiger partial charge in [0.1, 0.15) is 17.4 Å². The van der Waals surface area contributed by atoms with E-state index in [0.717, 1.165) is 0 Å². The first kappa shape index (κ1) is 11.0. The molecule has 0 saturated heterocycles. The van der Waals surface area contributed by atoms with Crippen LogP contribution in [0.2, 0.25) is 0 Å². The predicted octanol–water partition coefficient (Wildman–Crippen LogP) is 1.69. The fourth-order valence-corrected chi connectivity index (χ4v) is 1.24. The van der Waals surface area contributed by atoms with Crippen molar-refractivity contribution < 1.29 is 9.13 Å². The van der Waals surface area contributed by atoms with Crippen molar-refractivity contribution in [2.75, 3.05) is 0 Å². The minimum Gasteiger partial charge on any atom is -0.437 e. The summed E-state index contributed by atoms with van der Waals surface area (Å²) < 4.78 is 18.3. The molecule has 6 heteroatoms. The number of aromatic nitrogens is 2. The molecule has 0 saturated carbocycles. The van der Waals surface area contributed by atoms with Crippen molar-refractivity contribution in [2.24, 2.45) is 5.73 Å². The number of ether oxygens (including phenoxy) is 1. The molecule has 0 atom stereocenters. The van der Waals surface area contributed by atoms with Crippen molar-refractivity contribution in [1.29, 1.82) is 5.41 Å². The largest absolute Gasteiger partial charge is 0.437 e. The Hall–Kier alpha value is -2.50. The van der Waals surface area contributed by atoms with Crippen LogP contribution in [0.5, 0.6) is 11.6 Å². The second kappa shape index (κ2) is 4.56. The quantitative estimate of drug-likeness (QED) is 0.623. The highest BCUT2D eigenvalue weighted by molar-refractivity contribution is 5.96. The molecule has 0 spiro atoms. The molecule has 17 heavy (non-hydrogen) atoms. The topological polar surface area (TPSA) is 84.9 Å². The van der Waals surface area contributed by atoms with Gasteiger partial charge in [-0.2, -0.15) is 5.10 Å². The van der Waals surface area contributed by atoms with E-state index in [9.17, 15) is 4.39 Å². The van der Waals surface area contributed by atoms with Gasteiger partial charge in [-0.15, -0.1) is 5.10 Å². The van der Waals surface area contributed by atoms with Gasteiger partial charge in [0.15, 0.2) is 0 Å². The summed E-state index contributed by atoms with van der Waals surface area (Å²) >= 11 is 0. The van der Waals surface area contributed by atoms with Gasteiger partial charge in [-0.1, -0.05) is 6.07 Å². The number of nitrogens with one attached hydrogen (secondary N) is 1. The first-order valence-corrected chi connectivity index (χ1v) is 4.76. The standard InChI is InChI=1S/C11H9FN4O/c12-7-2-1-3-8(6-7)17-11-9(10(13)14)4-5-15-16-11/h1-6H,(H3,13,14). The molecule has 3 N–H and O–H groups in total. The first-order chi connectivity index (χ1) is 8.16.